The van der Waals surface area contributed by atoms with Crippen molar-refractivity contribution in [3.8, 4) is 0 Å². The first-order valence-corrected chi connectivity index (χ1v) is 4.16. The summed E-state index contributed by atoms with van der Waals surface area (Å²) < 4.78 is 39.3. The molecule has 0 aliphatic carbocycles. The molecule has 0 aromatic heterocycles. The Kier molecular flexibility index (Phi) is 2.19. The van der Waals surface area contributed by atoms with Crippen LogP contribution in [0.1, 0.15) is 10.4 Å². The van der Waals surface area contributed by atoms with Crippen LogP contribution in [0.25, 0.3) is 10.8 Å². The molecule has 0 N–H and O–H groups in total. The zero-order chi connectivity index (χ0) is 11.0. The number of aldehydes is 1. The highest BCUT2D eigenvalue weighted by molar-refractivity contribution is 5.89. The lowest BCUT2D eigenvalue weighted by Crippen LogP contribution is -1.94. The zero-order valence-electron chi connectivity index (χ0n) is 7.43. The van der Waals surface area contributed by atoms with Crippen LogP contribution in [0.4, 0.5) is 13.2 Å². The lowest BCUT2D eigenvalue weighted by atomic mass is 10.1. The van der Waals surface area contributed by atoms with Gasteiger partial charge in [0.25, 0.3) is 0 Å². The summed E-state index contributed by atoms with van der Waals surface area (Å²) in [7, 11) is 0. The van der Waals surface area contributed by atoms with Crippen molar-refractivity contribution in [3.63, 3.8) is 0 Å². The van der Waals surface area contributed by atoms with E-state index < -0.39 is 23.0 Å². The molecular formula is C11H5F3O. The van der Waals surface area contributed by atoms with Crippen LogP contribution in [0.15, 0.2) is 24.3 Å². The molecule has 1 nitrogen and oxygen atoms in total. The lowest BCUT2D eigenvalue weighted by molar-refractivity contribution is 0.111. The Hall–Kier alpha value is -1.84. The summed E-state index contributed by atoms with van der Waals surface area (Å²) in [5.41, 5.74) is -0.411. The highest BCUT2D eigenvalue weighted by Crippen LogP contribution is 2.23. The summed E-state index contributed by atoms with van der Waals surface area (Å²) in [5, 5.41) is 0.121. The first-order valence-electron chi connectivity index (χ1n) is 4.16. The van der Waals surface area contributed by atoms with Crippen LogP contribution < -0.4 is 0 Å². The normalized spacial score (nSPS) is 10.6. The smallest absolute Gasteiger partial charge is 0.169 e. The second-order valence-corrected chi connectivity index (χ2v) is 3.08. The van der Waals surface area contributed by atoms with Gasteiger partial charge >= 0.3 is 0 Å². The molecule has 4 heteroatoms. The van der Waals surface area contributed by atoms with Crippen LogP contribution in [0, 0.1) is 17.5 Å². The predicted octanol–water partition coefficient (Wildman–Crippen LogP) is 3.07. The number of carbonyl (C=O) groups excluding carboxylic acids is 1. The van der Waals surface area contributed by atoms with Gasteiger partial charge in [-0.2, -0.15) is 0 Å². The van der Waals surface area contributed by atoms with Gasteiger partial charge in [0.05, 0.1) is 5.56 Å². The van der Waals surface area contributed by atoms with E-state index in [-0.39, 0.29) is 17.1 Å². The molecule has 0 saturated carbocycles. The van der Waals surface area contributed by atoms with Crippen molar-refractivity contribution in [2.75, 3.05) is 0 Å². The molecule has 0 bridgehead atoms. The summed E-state index contributed by atoms with van der Waals surface area (Å²) in [4.78, 5) is 10.4. The van der Waals surface area contributed by atoms with Crippen molar-refractivity contribution in [1.29, 1.82) is 0 Å². The highest BCUT2D eigenvalue weighted by Gasteiger charge is 2.12. The standard InChI is InChI=1S/C11H5F3O/c12-8-1-2-9-6(4-8)3-7(5-15)10(13)11(9)14/h1-5H. The number of halogens is 3. The van der Waals surface area contributed by atoms with Crippen LogP contribution in [-0.2, 0) is 0 Å². The van der Waals surface area contributed by atoms with Crippen LogP contribution in [0.3, 0.4) is 0 Å². The van der Waals surface area contributed by atoms with Gasteiger partial charge < -0.3 is 0 Å². The topological polar surface area (TPSA) is 17.1 Å². The first kappa shape index (κ1) is 9.71. The quantitative estimate of drug-likeness (QED) is 0.661. The van der Waals surface area contributed by atoms with Gasteiger partial charge in [-0.3, -0.25) is 4.79 Å². The molecule has 2 aromatic carbocycles. The van der Waals surface area contributed by atoms with Gasteiger partial charge in [-0.25, -0.2) is 13.2 Å². The molecular weight excluding hydrogens is 205 g/mol. The van der Waals surface area contributed by atoms with E-state index in [9.17, 15) is 18.0 Å². The third-order valence-electron chi connectivity index (χ3n) is 2.13. The average Bonchev–Trinajstić information content (AvgIpc) is 2.23. The third-order valence-corrected chi connectivity index (χ3v) is 2.13. The van der Waals surface area contributed by atoms with Crippen LogP contribution >= 0.6 is 0 Å². The van der Waals surface area contributed by atoms with Crippen molar-refractivity contribution < 1.29 is 18.0 Å². The Labute approximate surface area is 83.1 Å². The molecule has 0 spiro atoms. The van der Waals surface area contributed by atoms with E-state index in [1.807, 2.05) is 0 Å². The van der Waals surface area contributed by atoms with Crippen LogP contribution in [0.2, 0.25) is 0 Å². The summed E-state index contributed by atoms with van der Waals surface area (Å²) >= 11 is 0. The van der Waals surface area contributed by atoms with Gasteiger partial charge in [-0.05, 0) is 29.7 Å². The number of fused-ring (bicyclic) bond motifs is 1. The third kappa shape index (κ3) is 1.48. The van der Waals surface area contributed by atoms with Gasteiger partial charge in [-0.1, -0.05) is 0 Å². The minimum Gasteiger partial charge on any atom is -0.298 e. The monoisotopic (exact) mass is 210 g/mol. The number of benzene rings is 2. The first-order chi connectivity index (χ1) is 7.13. The number of rotatable bonds is 1. The molecule has 15 heavy (non-hydrogen) atoms. The summed E-state index contributed by atoms with van der Waals surface area (Å²) in [5.74, 6) is -2.90. The zero-order valence-corrected chi connectivity index (χ0v) is 7.43. The molecule has 0 atom stereocenters. The summed E-state index contributed by atoms with van der Waals surface area (Å²) in [6.07, 6.45) is 0.197. The van der Waals surface area contributed by atoms with E-state index in [2.05, 4.69) is 0 Å². The van der Waals surface area contributed by atoms with Crippen molar-refractivity contribution in [3.05, 3.63) is 47.3 Å². The highest BCUT2D eigenvalue weighted by atomic mass is 19.2. The molecule has 0 unspecified atom stereocenters. The van der Waals surface area contributed by atoms with E-state index in [4.69, 9.17) is 0 Å². The number of hydrogen-bond acceptors (Lipinski definition) is 1. The number of carbonyl (C=O) groups is 1. The van der Waals surface area contributed by atoms with E-state index in [0.717, 1.165) is 24.3 Å². The molecule has 0 heterocycles. The van der Waals surface area contributed by atoms with Crippen LogP contribution in [0.5, 0.6) is 0 Å². The van der Waals surface area contributed by atoms with Crippen molar-refractivity contribution >= 4 is 17.1 Å². The predicted molar refractivity (Wildman–Crippen MR) is 49.2 cm³/mol. The van der Waals surface area contributed by atoms with Crippen LogP contribution in [-0.4, -0.2) is 6.29 Å². The van der Waals surface area contributed by atoms with E-state index in [1.54, 1.807) is 0 Å². The van der Waals surface area contributed by atoms with Gasteiger partial charge in [0.2, 0.25) is 0 Å². The Balaban J connectivity index is 2.90. The Morgan fingerprint density at radius 3 is 2.40 bits per heavy atom. The van der Waals surface area contributed by atoms with E-state index in [0.29, 0.717) is 0 Å². The number of hydrogen-bond donors (Lipinski definition) is 0. The SMILES string of the molecule is O=Cc1cc2cc(F)ccc2c(F)c1F. The molecule has 2 rings (SSSR count). The van der Waals surface area contributed by atoms with Crippen molar-refractivity contribution in [2.24, 2.45) is 0 Å². The summed E-state index contributed by atoms with van der Waals surface area (Å²) in [6, 6.07) is 4.33. The lowest BCUT2D eigenvalue weighted by Gasteiger charge is -2.03. The fourth-order valence-corrected chi connectivity index (χ4v) is 1.41. The fraction of sp³-hybridized carbons (Fsp3) is 0. The maximum atomic E-state index is 13.3. The molecule has 0 amide bonds. The Morgan fingerprint density at radius 2 is 1.73 bits per heavy atom. The molecule has 0 aliphatic heterocycles. The molecule has 0 radical (unpaired) electrons. The summed E-state index contributed by atoms with van der Waals surface area (Å²) in [6.45, 7) is 0. The Bertz CT molecular complexity index is 549. The van der Waals surface area contributed by atoms with Gasteiger partial charge in [0, 0.05) is 5.39 Å². The minimum absolute atomic E-state index is 0.0421. The second kappa shape index (κ2) is 3.38. The van der Waals surface area contributed by atoms with Crippen molar-refractivity contribution in [2.45, 2.75) is 0 Å². The molecule has 2 aromatic rings. The van der Waals surface area contributed by atoms with E-state index >= 15 is 0 Å². The maximum absolute atomic E-state index is 13.3. The van der Waals surface area contributed by atoms with Gasteiger partial charge in [-0.15, -0.1) is 0 Å². The average molecular weight is 210 g/mol. The molecule has 0 fully saturated rings. The second-order valence-electron chi connectivity index (χ2n) is 3.08. The molecule has 0 saturated heterocycles. The largest absolute Gasteiger partial charge is 0.298 e. The van der Waals surface area contributed by atoms with Crippen molar-refractivity contribution in [1.82, 2.24) is 0 Å². The van der Waals surface area contributed by atoms with E-state index in [1.165, 1.54) is 0 Å². The maximum Gasteiger partial charge on any atom is 0.169 e. The Morgan fingerprint density at radius 1 is 1.00 bits per heavy atom. The van der Waals surface area contributed by atoms with Gasteiger partial charge in [0.1, 0.15) is 5.82 Å². The molecule has 0 aliphatic rings. The fourth-order valence-electron chi connectivity index (χ4n) is 1.41. The minimum atomic E-state index is -1.20. The molecule has 76 valence electrons. The van der Waals surface area contributed by atoms with Gasteiger partial charge in [0.15, 0.2) is 17.9 Å².